The van der Waals surface area contributed by atoms with Gasteiger partial charge in [0.1, 0.15) is 0 Å². The van der Waals surface area contributed by atoms with Crippen LogP contribution < -0.4 is 16.2 Å². The lowest BCUT2D eigenvalue weighted by Crippen LogP contribution is -2.41. The Labute approximate surface area is 102 Å². The van der Waals surface area contributed by atoms with Crippen LogP contribution in [0.15, 0.2) is 0 Å². The van der Waals surface area contributed by atoms with E-state index in [9.17, 15) is 13.2 Å². The average molecular weight is 263 g/mol. The third-order valence-electron chi connectivity index (χ3n) is 3.23. The summed E-state index contributed by atoms with van der Waals surface area (Å²) < 4.78 is 21.4. The van der Waals surface area contributed by atoms with Gasteiger partial charge in [-0.05, 0) is 25.3 Å². The van der Waals surface area contributed by atoms with Gasteiger partial charge in [0.2, 0.25) is 15.9 Å². The highest BCUT2D eigenvalue weighted by atomic mass is 32.2. The Bertz CT molecular complexity index is 356. The monoisotopic (exact) mass is 263 g/mol. The standard InChI is InChI=1S/C10H21N3O3S/c11-7-8-3-1-2-4-9(8)10(14)13-5-6-17(12,15)16/h8-9H,1-7,11H2,(H,13,14)(H2,12,15,16). The van der Waals surface area contributed by atoms with Gasteiger partial charge in [0.05, 0.1) is 5.75 Å². The van der Waals surface area contributed by atoms with Gasteiger partial charge in [0.15, 0.2) is 0 Å². The summed E-state index contributed by atoms with van der Waals surface area (Å²) in [5.74, 6) is -0.171. The van der Waals surface area contributed by atoms with E-state index in [1.165, 1.54) is 0 Å². The van der Waals surface area contributed by atoms with Crippen molar-refractivity contribution in [3.05, 3.63) is 0 Å². The van der Waals surface area contributed by atoms with E-state index in [2.05, 4.69) is 5.32 Å². The molecule has 0 radical (unpaired) electrons. The topological polar surface area (TPSA) is 115 Å². The maximum atomic E-state index is 11.9. The van der Waals surface area contributed by atoms with Crippen molar-refractivity contribution in [3.63, 3.8) is 0 Å². The van der Waals surface area contributed by atoms with Crippen LogP contribution in [0, 0.1) is 11.8 Å². The number of nitrogens with one attached hydrogen (secondary N) is 1. The number of amides is 1. The Morgan fingerprint density at radius 1 is 1.29 bits per heavy atom. The third-order valence-corrected chi connectivity index (χ3v) is 4.01. The van der Waals surface area contributed by atoms with Crippen LogP contribution >= 0.6 is 0 Å². The zero-order valence-electron chi connectivity index (χ0n) is 9.89. The normalized spacial score (nSPS) is 25.5. The van der Waals surface area contributed by atoms with E-state index >= 15 is 0 Å². The Kier molecular flexibility index (Phi) is 5.35. The zero-order chi connectivity index (χ0) is 12.9. The lowest BCUT2D eigenvalue weighted by atomic mass is 9.79. The average Bonchev–Trinajstić information content (AvgIpc) is 2.27. The molecule has 100 valence electrons. The maximum absolute atomic E-state index is 11.9. The number of nitrogens with two attached hydrogens (primary N) is 2. The molecule has 2 atom stereocenters. The van der Waals surface area contributed by atoms with Gasteiger partial charge in [-0.2, -0.15) is 0 Å². The molecular weight excluding hydrogens is 242 g/mol. The van der Waals surface area contributed by atoms with Crippen LogP contribution in [0.3, 0.4) is 0 Å². The van der Waals surface area contributed by atoms with E-state index in [0.717, 1.165) is 25.7 Å². The van der Waals surface area contributed by atoms with Crippen molar-refractivity contribution in [3.8, 4) is 0 Å². The first kappa shape index (κ1) is 14.4. The molecule has 1 aliphatic carbocycles. The first-order valence-corrected chi connectivity index (χ1v) is 7.64. The van der Waals surface area contributed by atoms with Crippen molar-refractivity contribution in [2.75, 3.05) is 18.8 Å². The third kappa shape index (κ3) is 5.01. The highest BCUT2D eigenvalue weighted by Crippen LogP contribution is 2.29. The summed E-state index contributed by atoms with van der Waals surface area (Å²) in [6, 6.07) is 0. The number of sulfonamides is 1. The lowest BCUT2D eigenvalue weighted by molar-refractivity contribution is -0.127. The number of hydrogen-bond acceptors (Lipinski definition) is 4. The Morgan fingerprint density at radius 3 is 2.53 bits per heavy atom. The largest absolute Gasteiger partial charge is 0.355 e. The molecule has 0 aliphatic heterocycles. The van der Waals surface area contributed by atoms with Gasteiger partial charge in [-0.3, -0.25) is 4.79 Å². The molecule has 1 fully saturated rings. The minimum Gasteiger partial charge on any atom is -0.355 e. The summed E-state index contributed by atoms with van der Waals surface area (Å²) >= 11 is 0. The van der Waals surface area contributed by atoms with Crippen molar-refractivity contribution in [1.82, 2.24) is 5.32 Å². The molecule has 1 amide bonds. The smallest absolute Gasteiger partial charge is 0.223 e. The fourth-order valence-electron chi connectivity index (χ4n) is 2.28. The van der Waals surface area contributed by atoms with Gasteiger partial charge in [-0.1, -0.05) is 12.8 Å². The number of carbonyl (C=O) groups is 1. The molecule has 6 nitrogen and oxygen atoms in total. The van der Waals surface area contributed by atoms with Crippen LogP contribution in [0.25, 0.3) is 0 Å². The van der Waals surface area contributed by atoms with E-state index in [4.69, 9.17) is 10.9 Å². The van der Waals surface area contributed by atoms with E-state index in [1.807, 2.05) is 0 Å². The molecule has 0 heterocycles. The molecule has 0 saturated heterocycles. The van der Waals surface area contributed by atoms with E-state index < -0.39 is 10.0 Å². The molecule has 0 spiro atoms. The molecule has 0 aromatic carbocycles. The van der Waals surface area contributed by atoms with Crippen molar-refractivity contribution in [2.24, 2.45) is 22.7 Å². The van der Waals surface area contributed by atoms with Crippen molar-refractivity contribution < 1.29 is 13.2 Å². The van der Waals surface area contributed by atoms with Crippen molar-refractivity contribution in [1.29, 1.82) is 0 Å². The molecular formula is C10H21N3O3S. The predicted molar refractivity (Wildman–Crippen MR) is 65.5 cm³/mol. The fraction of sp³-hybridized carbons (Fsp3) is 0.900. The molecule has 0 aromatic heterocycles. The predicted octanol–water partition coefficient (Wildman–Crippen LogP) is -0.844. The summed E-state index contributed by atoms with van der Waals surface area (Å²) in [6.45, 7) is 0.582. The van der Waals surface area contributed by atoms with Gasteiger partial charge in [-0.15, -0.1) is 0 Å². The minimum absolute atomic E-state index is 0.0748. The molecule has 1 saturated carbocycles. The van der Waals surface area contributed by atoms with Crippen molar-refractivity contribution in [2.45, 2.75) is 25.7 Å². The lowest BCUT2D eigenvalue weighted by Gasteiger charge is -2.29. The Morgan fingerprint density at radius 2 is 1.94 bits per heavy atom. The number of carbonyl (C=O) groups excluding carboxylic acids is 1. The second kappa shape index (κ2) is 6.32. The van der Waals surface area contributed by atoms with E-state index in [-0.39, 0.29) is 30.0 Å². The summed E-state index contributed by atoms with van der Waals surface area (Å²) in [7, 11) is -3.51. The summed E-state index contributed by atoms with van der Waals surface area (Å²) in [5, 5.41) is 7.47. The van der Waals surface area contributed by atoms with Crippen LogP contribution in [0.2, 0.25) is 0 Å². The minimum atomic E-state index is -3.51. The summed E-state index contributed by atoms with van der Waals surface area (Å²) in [6.07, 6.45) is 3.96. The van der Waals surface area contributed by atoms with Gasteiger partial charge in [0.25, 0.3) is 0 Å². The quantitative estimate of drug-likeness (QED) is 0.599. The highest BCUT2D eigenvalue weighted by Gasteiger charge is 2.29. The van der Waals surface area contributed by atoms with Gasteiger partial charge in [0, 0.05) is 12.5 Å². The second-order valence-corrected chi connectivity index (χ2v) is 6.28. The number of rotatable bonds is 5. The first-order chi connectivity index (χ1) is 7.94. The Balaban J connectivity index is 2.40. The number of hydrogen-bond donors (Lipinski definition) is 3. The first-order valence-electron chi connectivity index (χ1n) is 5.92. The van der Waals surface area contributed by atoms with Gasteiger partial charge < -0.3 is 11.1 Å². The van der Waals surface area contributed by atoms with Crippen LogP contribution in [0.5, 0.6) is 0 Å². The van der Waals surface area contributed by atoms with E-state index in [0.29, 0.717) is 6.54 Å². The van der Waals surface area contributed by atoms with Crippen molar-refractivity contribution >= 4 is 15.9 Å². The second-order valence-electron chi connectivity index (χ2n) is 4.54. The maximum Gasteiger partial charge on any atom is 0.223 e. The molecule has 0 aromatic rings. The molecule has 5 N–H and O–H groups in total. The summed E-state index contributed by atoms with van der Waals surface area (Å²) in [5.41, 5.74) is 5.63. The molecule has 0 bridgehead atoms. The van der Waals surface area contributed by atoms with Crippen LogP contribution in [-0.4, -0.2) is 33.2 Å². The number of primary sulfonamides is 1. The molecule has 1 aliphatic rings. The molecule has 7 heteroatoms. The van der Waals surface area contributed by atoms with Crippen LogP contribution in [0.4, 0.5) is 0 Å². The highest BCUT2D eigenvalue weighted by molar-refractivity contribution is 7.89. The van der Waals surface area contributed by atoms with Crippen LogP contribution in [0.1, 0.15) is 25.7 Å². The molecule has 17 heavy (non-hydrogen) atoms. The summed E-state index contributed by atoms with van der Waals surface area (Å²) in [4.78, 5) is 11.9. The van der Waals surface area contributed by atoms with E-state index in [1.54, 1.807) is 0 Å². The fourth-order valence-corrected chi connectivity index (χ4v) is 2.67. The SMILES string of the molecule is NCC1CCCCC1C(=O)NCCS(N)(=O)=O. The van der Waals surface area contributed by atoms with Crippen LogP contribution in [-0.2, 0) is 14.8 Å². The Hall–Kier alpha value is -0.660. The molecule has 1 rings (SSSR count). The zero-order valence-corrected chi connectivity index (χ0v) is 10.7. The van der Waals surface area contributed by atoms with Gasteiger partial charge in [-0.25, -0.2) is 13.6 Å². The van der Waals surface area contributed by atoms with Gasteiger partial charge >= 0.3 is 0 Å². The molecule has 2 unspecified atom stereocenters.